The Labute approximate surface area is 365 Å². The minimum absolute atomic E-state index is 0.856. The van der Waals surface area contributed by atoms with Crippen LogP contribution in [0.3, 0.4) is 0 Å². The summed E-state index contributed by atoms with van der Waals surface area (Å²) in [6.07, 6.45) is 2.02. The van der Waals surface area contributed by atoms with Crippen LogP contribution >= 0.6 is 22.7 Å². The predicted octanol–water partition coefficient (Wildman–Crippen LogP) is 17.0. The number of hydrogen-bond donors (Lipinski definition) is 0. The predicted molar refractivity (Wildman–Crippen MR) is 268 cm³/mol. The van der Waals surface area contributed by atoms with Gasteiger partial charge in [0.05, 0.1) is 22.9 Å². The van der Waals surface area contributed by atoms with Gasteiger partial charge < -0.3 is 0 Å². The Morgan fingerprint density at radius 2 is 0.629 bits per heavy atom. The second-order valence-corrected chi connectivity index (χ2v) is 18.0. The number of benzene rings is 10. The van der Waals surface area contributed by atoms with Crippen LogP contribution in [0.5, 0.6) is 0 Å². The fraction of sp³-hybridized carbons (Fsp3) is 0. The first-order chi connectivity index (χ1) is 30.8. The highest BCUT2D eigenvalue weighted by Gasteiger charge is 2.23. The summed E-state index contributed by atoms with van der Waals surface area (Å²) in [5.41, 5.74) is 13.4. The van der Waals surface area contributed by atoms with E-state index < -0.39 is 0 Å². The van der Waals surface area contributed by atoms with Gasteiger partial charge in [0.1, 0.15) is 0 Å². The van der Waals surface area contributed by atoms with Crippen LogP contribution in [0.1, 0.15) is 0 Å². The van der Waals surface area contributed by atoms with Gasteiger partial charge in [-0.2, -0.15) is 0 Å². The lowest BCUT2D eigenvalue weighted by Crippen LogP contribution is -1.96. The van der Waals surface area contributed by atoms with E-state index in [0.29, 0.717) is 0 Å². The quantitative estimate of drug-likeness (QED) is 0.162. The van der Waals surface area contributed by atoms with Crippen molar-refractivity contribution in [1.82, 2.24) is 9.97 Å². The Bertz CT molecular complexity index is 3710. The zero-order valence-corrected chi connectivity index (χ0v) is 35.0. The van der Waals surface area contributed by atoms with Crippen LogP contribution in [-0.4, -0.2) is 9.97 Å². The van der Waals surface area contributed by atoms with Crippen LogP contribution in [0.4, 0.5) is 0 Å². The first-order valence-electron chi connectivity index (χ1n) is 21.0. The summed E-state index contributed by atoms with van der Waals surface area (Å²) in [6.45, 7) is 0. The number of nitrogens with zero attached hydrogens (tertiary/aromatic N) is 2. The highest BCUT2D eigenvalue weighted by atomic mass is 32.1. The second-order valence-electron chi connectivity index (χ2n) is 15.9. The molecular weight excluding hydrogens is 789 g/mol. The van der Waals surface area contributed by atoms with Crippen molar-refractivity contribution in [3.8, 4) is 55.8 Å². The molecule has 3 aromatic heterocycles. The summed E-state index contributed by atoms with van der Waals surface area (Å²) in [7, 11) is 0. The molecule has 0 bridgehead atoms. The van der Waals surface area contributed by atoms with Crippen molar-refractivity contribution in [3.05, 3.63) is 206 Å². The lowest BCUT2D eigenvalue weighted by molar-refractivity contribution is 1.31. The third-order valence-corrected chi connectivity index (χ3v) is 15.1. The molecule has 0 spiro atoms. The largest absolute Gasteiger partial charge is 0.252 e. The molecule has 0 saturated carbocycles. The molecule has 10 aromatic carbocycles. The highest BCUT2D eigenvalue weighted by Crippen LogP contribution is 2.50. The van der Waals surface area contributed by atoms with E-state index in [2.05, 4.69) is 200 Å². The van der Waals surface area contributed by atoms with Gasteiger partial charge >= 0.3 is 0 Å². The van der Waals surface area contributed by atoms with Gasteiger partial charge in [0.2, 0.25) is 0 Å². The van der Waals surface area contributed by atoms with Gasteiger partial charge in [0.25, 0.3) is 0 Å². The molecule has 0 N–H and O–H groups in total. The van der Waals surface area contributed by atoms with E-state index in [1.165, 1.54) is 84.5 Å². The molecule has 13 rings (SSSR count). The summed E-state index contributed by atoms with van der Waals surface area (Å²) in [6, 6.07) is 72.6. The maximum Gasteiger partial charge on any atom is 0.0979 e. The van der Waals surface area contributed by atoms with Crippen molar-refractivity contribution in [2.24, 2.45) is 0 Å². The molecule has 0 saturated heterocycles. The van der Waals surface area contributed by atoms with E-state index in [4.69, 9.17) is 9.97 Å². The zero-order chi connectivity index (χ0) is 40.7. The highest BCUT2D eigenvalue weighted by molar-refractivity contribution is 7.27. The average molecular weight is 823 g/mol. The summed E-state index contributed by atoms with van der Waals surface area (Å²) < 4.78 is 5.13. The Kier molecular flexibility index (Phi) is 7.99. The summed E-state index contributed by atoms with van der Waals surface area (Å²) >= 11 is 3.77. The first kappa shape index (κ1) is 35.3. The number of aromatic nitrogens is 2. The van der Waals surface area contributed by atoms with Crippen molar-refractivity contribution in [2.75, 3.05) is 0 Å². The lowest BCUT2D eigenvalue weighted by atomic mass is 9.89. The lowest BCUT2D eigenvalue weighted by Gasteiger charge is -2.17. The first-order valence-corrected chi connectivity index (χ1v) is 22.6. The Morgan fingerprint density at radius 1 is 0.274 bits per heavy atom. The third kappa shape index (κ3) is 5.34. The molecule has 2 nitrogen and oxygen atoms in total. The molecule has 0 atom stereocenters. The molecule has 0 fully saturated rings. The van der Waals surface area contributed by atoms with Crippen LogP contribution in [0.15, 0.2) is 206 Å². The molecule has 13 aromatic rings. The molecule has 0 unspecified atom stereocenters. The SMILES string of the molecule is c1ccc(-c2cccc3c2sc2c(-c4cccc(-c5cccc6c5sc5c(-c7ccccc7)cccc56)c4-c4cnc5c6ccccc6c6ccccc6c5n4)cccc23)cc1. The smallest absolute Gasteiger partial charge is 0.0979 e. The van der Waals surface area contributed by atoms with Gasteiger partial charge in [-0.1, -0.05) is 200 Å². The van der Waals surface area contributed by atoms with E-state index in [1.54, 1.807) is 0 Å². The van der Waals surface area contributed by atoms with Gasteiger partial charge in [-0.05, 0) is 44.2 Å². The van der Waals surface area contributed by atoms with Crippen molar-refractivity contribution < 1.29 is 0 Å². The topological polar surface area (TPSA) is 25.8 Å². The molecule has 4 heteroatoms. The number of fused-ring (bicyclic) bond motifs is 12. The number of rotatable bonds is 5. The fourth-order valence-electron chi connectivity index (χ4n) is 9.78. The van der Waals surface area contributed by atoms with Crippen molar-refractivity contribution >= 4 is 95.6 Å². The van der Waals surface area contributed by atoms with E-state index in [0.717, 1.165) is 44.2 Å². The van der Waals surface area contributed by atoms with Crippen molar-refractivity contribution in [1.29, 1.82) is 0 Å². The molecule has 288 valence electrons. The standard InChI is InChI=1S/C58H34N2S2/c1-3-16-35(17-4-1)37-24-11-30-47-49-32-14-28-45(57(49)61-55(37)47)41-26-13-27-42(46-29-15-33-50-48-31-12-25-38(56(48)62-58(46)50)36-18-5-2-6-19-36)52(41)51-34-59-53-43-22-9-7-20-39(43)40-21-8-10-23-44(40)54(53)60-51/h1-34H. The Balaban J connectivity index is 1.13. The minimum Gasteiger partial charge on any atom is -0.252 e. The normalized spacial score (nSPS) is 11.9. The van der Waals surface area contributed by atoms with Gasteiger partial charge in [0.15, 0.2) is 0 Å². The number of thiophene rings is 2. The van der Waals surface area contributed by atoms with Crippen LogP contribution in [0, 0.1) is 0 Å². The number of hydrogen-bond acceptors (Lipinski definition) is 4. The molecule has 0 aliphatic carbocycles. The Hall–Kier alpha value is -7.50. The second kappa shape index (κ2) is 14.0. The van der Waals surface area contributed by atoms with Crippen LogP contribution in [0.25, 0.3) is 129 Å². The maximum atomic E-state index is 5.69. The maximum absolute atomic E-state index is 5.69. The van der Waals surface area contributed by atoms with Crippen LogP contribution < -0.4 is 0 Å². The van der Waals surface area contributed by atoms with E-state index in [9.17, 15) is 0 Å². The third-order valence-electron chi connectivity index (χ3n) is 12.5. The average Bonchev–Trinajstić information content (AvgIpc) is 3.93. The zero-order valence-electron chi connectivity index (χ0n) is 33.3. The van der Waals surface area contributed by atoms with E-state index in [-0.39, 0.29) is 0 Å². The molecule has 62 heavy (non-hydrogen) atoms. The van der Waals surface area contributed by atoms with Gasteiger partial charge in [-0.3, -0.25) is 4.98 Å². The monoisotopic (exact) mass is 822 g/mol. The van der Waals surface area contributed by atoms with E-state index in [1.807, 2.05) is 28.9 Å². The molecular formula is C58H34N2S2. The molecule has 0 aliphatic rings. The van der Waals surface area contributed by atoms with Crippen LogP contribution in [-0.2, 0) is 0 Å². The molecule has 0 aliphatic heterocycles. The summed E-state index contributed by atoms with van der Waals surface area (Å²) in [4.78, 5) is 11.0. The molecule has 3 heterocycles. The molecule has 0 radical (unpaired) electrons. The van der Waals surface area contributed by atoms with Gasteiger partial charge in [0, 0.05) is 67.8 Å². The molecule has 0 amide bonds. The van der Waals surface area contributed by atoms with Gasteiger partial charge in [-0.25, -0.2) is 4.98 Å². The minimum atomic E-state index is 0.856. The van der Waals surface area contributed by atoms with Crippen molar-refractivity contribution in [3.63, 3.8) is 0 Å². The summed E-state index contributed by atoms with van der Waals surface area (Å²) in [5, 5.41) is 9.67. The van der Waals surface area contributed by atoms with Crippen LogP contribution in [0.2, 0.25) is 0 Å². The fourth-order valence-corrected chi connectivity index (χ4v) is 12.5. The van der Waals surface area contributed by atoms with Crippen molar-refractivity contribution in [2.45, 2.75) is 0 Å². The van der Waals surface area contributed by atoms with E-state index >= 15 is 0 Å². The van der Waals surface area contributed by atoms with Gasteiger partial charge in [-0.15, -0.1) is 22.7 Å². The summed E-state index contributed by atoms with van der Waals surface area (Å²) in [5.74, 6) is 0. The Morgan fingerprint density at radius 3 is 1.11 bits per heavy atom.